The number of carbonyl (C=O) groups is 1. The van der Waals surface area contributed by atoms with Crippen LogP contribution in [-0.2, 0) is 0 Å². The Balaban J connectivity index is 2.11. The van der Waals surface area contributed by atoms with E-state index < -0.39 is 16.9 Å². The Morgan fingerprint density at radius 3 is 2.67 bits per heavy atom. The molecule has 0 bridgehead atoms. The van der Waals surface area contributed by atoms with Crippen LogP contribution in [0, 0.1) is 16.0 Å². The molecule has 0 aromatic heterocycles. The van der Waals surface area contributed by atoms with Crippen molar-refractivity contribution in [1.82, 2.24) is 5.32 Å². The van der Waals surface area contributed by atoms with Gasteiger partial charge in [-0.3, -0.25) is 14.9 Å². The van der Waals surface area contributed by atoms with Gasteiger partial charge in [0.15, 0.2) is 0 Å². The summed E-state index contributed by atoms with van der Waals surface area (Å²) in [6, 6.07) is 4.56. The lowest BCUT2D eigenvalue weighted by Gasteiger charge is -2.19. The van der Waals surface area contributed by atoms with Gasteiger partial charge >= 0.3 is 0 Å². The molecule has 1 aromatic carbocycles. The number of carbonyl (C=O) groups excluding carboxylic acids is 1. The average Bonchev–Trinajstić information content (AvgIpc) is 3.12. The van der Waals surface area contributed by atoms with Crippen LogP contribution in [0.4, 0.5) is 11.4 Å². The number of anilines is 1. The van der Waals surface area contributed by atoms with Crippen LogP contribution < -0.4 is 10.2 Å². The minimum absolute atomic E-state index is 0.0491. The molecule has 132 valence electrons. The molecule has 0 saturated carbocycles. The van der Waals surface area contributed by atoms with Crippen molar-refractivity contribution >= 4 is 17.3 Å². The van der Waals surface area contributed by atoms with Crippen molar-refractivity contribution < 1.29 is 14.8 Å². The molecular weight excluding hydrogens is 310 g/mol. The first kappa shape index (κ1) is 18.2. The van der Waals surface area contributed by atoms with E-state index >= 15 is 0 Å². The molecule has 0 aliphatic carbocycles. The van der Waals surface area contributed by atoms with E-state index in [0.29, 0.717) is 5.69 Å². The summed E-state index contributed by atoms with van der Waals surface area (Å²) in [5.41, 5.74) is 0.752. The van der Waals surface area contributed by atoms with Crippen molar-refractivity contribution in [2.75, 3.05) is 24.5 Å². The van der Waals surface area contributed by atoms with Gasteiger partial charge in [-0.15, -0.1) is 0 Å². The first-order valence-electron chi connectivity index (χ1n) is 8.43. The van der Waals surface area contributed by atoms with Crippen LogP contribution in [0.2, 0.25) is 0 Å². The van der Waals surface area contributed by atoms with Gasteiger partial charge in [0.05, 0.1) is 11.0 Å². The molecule has 1 amide bonds. The lowest BCUT2D eigenvalue weighted by atomic mass is 10.0. The predicted octanol–water partition coefficient (Wildman–Crippen LogP) is 2.33. The Bertz CT molecular complexity index is 599. The second-order valence-corrected chi connectivity index (χ2v) is 6.32. The number of nitro benzene ring substituents is 1. The van der Waals surface area contributed by atoms with Gasteiger partial charge in [-0.2, -0.15) is 0 Å². The molecular formula is C17H25N3O4. The summed E-state index contributed by atoms with van der Waals surface area (Å²) in [7, 11) is 0. The lowest BCUT2D eigenvalue weighted by Crippen LogP contribution is -2.35. The van der Waals surface area contributed by atoms with E-state index in [1.807, 2.05) is 18.7 Å². The quantitative estimate of drug-likeness (QED) is 0.589. The number of nitro groups is 1. The van der Waals surface area contributed by atoms with Gasteiger partial charge in [0.25, 0.3) is 11.6 Å². The van der Waals surface area contributed by atoms with Crippen LogP contribution in [0.5, 0.6) is 0 Å². The zero-order valence-corrected chi connectivity index (χ0v) is 14.2. The molecule has 1 fully saturated rings. The van der Waals surface area contributed by atoms with Crippen LogP contribution in [-0.4, -0.2) is 41.7 Å². The second-order valence-electron chi connectivity index (χ2n) is 6.32. The third kappa shape index (κ3) is 4.23. The molecule has 1 heterocycles. The number of nitrogens with one attached hydrogen (secondary N) is 1. The SMILES string of the molecule is CCC(C)C(O)CNC(=O)c1ccc(N2CCCC2)c([N+](=O)[O-])c1. The predicted molar refractivity (Wildman–Crippen MR) is 92.3 cm³/mol. The Hall–Kier alpha value is -2.15. The molecule has 2 rings (SSSR count). The van der Waals surface area contributed by atoms with E-state index in [9.17, 15) is 20.0 Å². The fraction of sp³-hybridized carbons (Fsp3) is 0.588. The summed E-state index contributed by atoms with van der Waals surface area (Å²) in [5, 5.41) is 23.9. The number of hydrogen-bond donors (Lipinski definition) is 2. The van der Waals surface area contributed by atoms with Crippen molar-refractivity contribution in [3.8, 4) is 0 Å². The van der Waals surface area contributed by atoms with E-state index in [1.54, 1.807) is 12.1 Å². The Labute approximate surface area is 141 Å². The van der Waals surface area contributed by atoms with Crippen LogP contribution in [0.25, 0.3) is 0 Å². The van der Waals surface area contributed by atoms with E-state index in [-0.39, 0.29) is 23.7 Å². The van der Waals surface area contributed by atoms with E-state index in [4.69, 9.17) is 0 Å². The smallest absolute Gasteiger partial charge is 0.293 e. The summed E-state index contributed by atoms with van der Waals surface area (Å²) < 4.78 is 0. The molecule has 24 heavy (non-hydrogen) atoms. The van der Waals surface area contributed by atoms with Crippen LogP contribution >= 0.6 is 0 Å². The van der Waals surface area contributed by atoms with E-state index in [0.717, 1.165) is 32.4 Å². The molecule has 2 N–H and O–H groups in total. The fourth-order valence-electron chi connectivity index (χ4n) is 2.81. The summed E-state index contributed by atoms with van der Waals surface area (Å²) in [4.78, 5) is 25.1. The topological polar surface area (TPSA) is 95.7 Å². The first-order valence-corrected chi connectivity index (χ1v) is 8.43. The van der Waals surface area contributed by atoms with Gasteiger partial charge in [-0.1, -0.05) is 20.3 Å². The minimum atomic E-state index is -0.627. The number of rotatable bonds is 7. The third-order valence-electron chi connectivity index (χ3n) is 4.65. The first-order chi connectivity index (χ1) is 11.4. The molecule has 0 spiro atoms. The van der Waals surface area contributed by atoms with Crippen LogP contribution in [0.15, 0.2) is 18.2 Å². The number of hydrogen-bond acceptors (Lipinski definition) is 5. The standard InChI is InChI=1S/C17H25N3O4/c1-3-12(2)16(21)11-18-17(22)13-6-7-14(15(10-13)20(23)24)19-8-4-5-9-19/h6-7,10,12,16,21H,3-5,8-9,11H2,1-2H3,(H,18,22). The van der Waals surface area contributed by atoms with Crippen molar-refractivity contribution in [1.29, 1.82) is 0 Å². The van der Waals surface area contributed by atoms with E-state index in [2.05, 4.69) is 5.32 Å². The minimum Gasteiger partial charge on any atom is -0.391 e. The second kappa shape index (κ2) is 8.10. The highest BCUT2D eigenvalue weighted by molar-refractivity contribution is 5.95. The van der Waals surface area contributed by atoms with Crippen LogP contribution in [0.3, 0.4) is 0 Å². The third-order valence-corrected chi connectivity index (χ3v) is 4.65. The highest BCUT2D eigenvalue weighted by Gasteiger charge is 2.24. The monoisotopic (exact) mass is 335 g/mol. The van der Waals surface area contributed by atoms with Gasteiger partial charge < -0.3 is 15.3 Å². The fourth-order valence-corrected chi connectivity index (χ4v) is 2.81. The molecule has 7 nitrogen and oxygen atoms in total. The zero-order valence-electron chi connectivity index (χ0n) is 14.2. The highest BCUT2D eigenvalue weighted by atomic mass is 16.6. The van der Waals surface area contributed by atoms with Gasteiger partial charge in [0.1, 0.15) is 5.69 Å². The summed E-state index contributed by atoms with van der Waals surface area (Å²) in [5.74, 6) is -0.328. The summed E-state index contributed by atoms with van der Waals surface area (Å²) >= 11 is 0. The largest absolute Gasteiger partial charge is 0.391 e. The molecule has 7 heteroatoms. The van der Waals surface area contributed by atoms with Crippen molar-refractivity contribution in [3.63, 3.8) is 0 Å². The van der Waals surface area contributed by atoms with Crippen molar-refractivity contribution in [3.05, 3.63) is 33.9 Å². The lowest BCUT2D eigenvalue weighted by molar-refractivity contribution is -0.384. The summed E-state index contributed by atoms with van der Waals surface area (Å²) in [6.45, 7) is 5.61. The van der Waals surface area contributed by atoms with Gasteiger partial charge in [0, 0.05) is 31.3 Å². The molecule has 1 saturated heterocycles. The van der Waals surface area contributed by atoms with E-state index in [1.165, 1.54) is 6.07 Å². The normalized spacial score (nSPS) is 16.7. The van der Waals surface area contributed by atoms with Crippen LogP contribution in [0.1, 0.15) is 43.5 Å². The number of aliphatic hydroxyl groups excluding tert-OH is 1. The number of benzene rings is 1. The maximum Gasteiger partial charge on any atom is 0.293 e. The van der Waals surface area contributed by atoms with Gasteiger partial charge in [0.2, 0.25) is 0 Å². The van der Waals surface area contributed by atoms with Gasteiger partial charge in [-0.25, -0.2) is 0 Å². The highest BCUT2D eigenvalue weighted by Crippen LogP contribution is 2.31. The molecule has 1 aromatic rings. The Morgan fingerprint density at radius 1 is 1.42 bits per heavy atom. The zero-order chi connectivity index (χ0) is 17.7. The van der Waals surface area contributed by atoms with Crippen molar-refractivity contribution in [2.45, 2.75) is 39.2 Å². The van der Waals surface area contributed by atoms with Crippen molar-refractivity contribution in [2.24, 2.45) is 5.92 Å². The Kier molecular flexibility index (Phi) is 6.14. The maximum absolute atomic E-state index is 12.2. The molecule has 1 aliphatic heterocycles. The molecule has 2 unspecified atom stereocenters. The number of amides is 1. The molecule has 1 aliphatic rings. The number of aliphatic hydroxyl groups is 1. The Morgan fingerprint density at radius 2 is 2.08 bits per heavy atom. The average molecular weight is 335 g/mol. The van der Waals surface area contributed by atoms with Gasteiger partial charge in [-0.05, 0) is 30.9 Å². The summed E-state index contributed by atoms with van der Waals surface area (Å²) in [6.07, 6.45) is 2.23. The molecule has 2 atom stereocenters. The molecule has 0 radical (unpaired) electrons. The maximum atomic E-state index is 12.2. The number of nitrogens with zero attached hydrogens (tertiary/aromatic N) is 2.